The standard InChI is InChI=1S/C54H35N3/c1-4-15-36(16-5-1)38-27-30-50-44(33-38)45-34-39(37-17-6-2-7-18-37)28-31-51(45)57(50)53-26-14-25-52-54(53)43-22-11-13-24-48(43)56(52)41-29-32-49-46(35-41)42-21-10-12-23-47(42)55(49)40-19-8-3-9-20-40/h1-35H. The van der Waals surface area contributed by atoms with Crippen molar-refractivity contribution in [2.45, 2.75) is 0 Å². The Hall–Kier alpha value is -7.62. The van der Waals surface area contributed by atoms with E-state index in [0.29, 0.717) is 0 Å². The molecule has 0 saturated heterocycles. The summed E-state index contributed by atoms with van der Waals surface area (Å²) in [5.74, 6) is 0. The summed E-state index contributed by atoms with van der Waals surface area (Å²) in [5.41, 5.74) is 15.5. The van der Waals surface area contributed by atoms with Crippen LogP contribution in [0, 0.1) is 0 Å². The minimum Gasteiger partial charge on any atom is -0.309 e. The quantitative estimate of drug-likeness (QED) is 0.168. The van der Waals surface area contributed by atoms with Gasteiger partial charge in [-0.1, -0.05) is 133 Å². The van der Waals surface area contributed by atoms with Crippen LogP contribution in [0.1, 0.15) is 0 Å². The predicted molar refractivity (Wildman–Crippen MR) is 240 cm³/mol. The van der Waals surface area contributed by atoms with E-state index in [4.69, 9.17) is 0 Å². The second-order valence-electron chi connectivity index (χ2n) is 14.9. The zero-order valence-electron chi connectivity index (χ0n) is 31.0. The van der Waals surface area contributed by atoms with Gasteiger partial charge in [-0.05, 0) is 101 Å². The minimum absolute atomic E-state index is 1.14. The first kappa shape index (κ1) is 31.7. The van der Waals surface area contributed by atoms with E-state index >= 15 is 0 Å². The van der Waals surface area contributed by atoms with Crippen LogP contribution in [0.3, 0.4) is 0 Å². The molecule has 0 unspecified atom stereocenters. The van der Waals surface area contributed by atoms with Gasteiger partial charge in [0.1, 0.15) is 0 Å². The van der Waals surface area contributed by atoms with Crippen LogP contribution < -0.4 is 0 Å². The Morgan fingerprint density at radius 3 is 1.33 bits per heavy atom. The highest BCUT2D eigenvalue weighted by molar-refractivity contribution is 6.18. The highest BCUT2D eigenvalue weighted by Gasteiger charge is 2.21. The Morgan fingerprint density at radius 2 is 0.684 bits per heavy atom. The average molecular weight is 726 g/mol. The summed E-state index contributed by atoms with van der Waals surface area (Å²) in [5, 5.41) is 7.43. The average Bonchev–Trinajstić information content (AvgIpc) is 3.92. The van der Waals surface area contributed by atoms with Crippen molar-refractivity contribution < 1.29 is 0 Å². The smallest absolute Gasteiger partial charge is 0.0562 e. The van der Waals surface area contributed by atoms with Gasteiger partial charge >= 0.3 is 0 Å². The van der Waals surface area contributed by atoms with Gasteiger partial charge in [0.25, 0.3) is 0 Å². The fourth-order valence-electron chi connectivity index (χ4n) is 9.32. The van der Waals surface area contributed by atoms with E-state index in [9.17, 15) is 0 Å². The van der Waals surface area contributed by atoms with E-state index in [1.54, 1.807) is 0 Å². The zero-order valence-corrected chi connectivity index (χ0v) is 31.0. The lowest BCUT2D eigenvalue weighted by Gasteiger charge is -2.12. The summed E-state index contributed by atoms with van der Waals surface area (Å²) < 4.78 is 7.33. The van der Waals surface area contributed by atoms with Crippen LogP contribution in [0.15, 0.2) is 212 Å². The maximum Gasteiger partial charge on any atom is 0.0562 e. The van der Waals surface area contributed by atoms with Gasteiger partial charge in [0.05, 0.1) is 38.8 Å². The lowest BCUT2D eigenvalue weighted by Crippen LogP contribution is -1.97. The molecule has 0 amide bonds. The lowest BCUT2D eigenvalue weighted by molar-refractivity contribution is 1.16. The summed E-state index contributed by atoms with van der Waals surface area (Å²) in [6.45, 7) is 0. The molecule has 12 aromatic rings. The number of fused-ring (bicyclic) bond motifs is 9. The number of aromatic nitrogens is 3. The zero-order chi connectivity index (χ0) is 37.5. The van der Waals surface area contributed by atoms with Crippen molar-refractivity contribution in [2.75, 3.05) is 0 Å². The minimum atomic E-state index is 1.14. The molecule has 0 aliphatic heterocycles. The Kier molecular flexibility index (Phi) is 6.93. The summed E-state index contributed by atoms with van der Waals surface area (Å²) >= 11 is 0. The summed E-state index contributed by atoms with van der Waals surface area (Å²) in [6, 6.07) is 77.4. The van der Waals surface area contributed by atoms with Crippen LogP contribution >= 0.6 is 0 Å². The van der Waals surface area contributed by atoms with E-state index in [1.165, 1.54) is 93.4 Å². The highest BCUT2D eigenvalue weighted by atomic mass is 15.0. The Labute approximate surface area is 329 Å². The molecule has 0 bridgehead atoms. The van der Waals surface area contributed by atoms with Crippen LogP contribution in [0.5, 0.6) is 0 Å². The SMILES string of the molecule is c1ccc(-c2ccc3c(c2)c2cc(-c4ccccc4)ccc2n3-c2cccc3c2c2ccccc2n3-c2ccc3c(c2)c2ccccc2n3-c2ccccc2)cc1. The first-order valence-corrected chi connectivity index (χ1v) is 19.6. The van der Waals surface area contributed by atoms with Crippen molar-refractivity contribution in [1.29, 1.82) is 0 Å². The van der Waals surface area contributed by atoms with Gasteiger partial charge in [0.2, 0.25) is 0 Å². The molecule has 0 atom stereocenters. The van der Waals surface area contributed by atoms with Crippen LogP contribution in [0.2, 0.25) is 0 Å². The molecule has 12 rings (SSSR count). The van der Waals surface area contributed by atoms with Crippen molar-refractivity contribution in [3.05, 3.63) is 212 Å². The topological polar surface area (TPSA) is 14.8 Å². The second-order valence-corrected chi connectivity index (χ2v) is 14.9. The number of rotatable bonds is 5. The Bertz CT molecular complexity index is 3400. The van der Waals surface area contributed by atoms with Gasteiger partial charge in [-0.15, -0.1) is 0 Å². The third-order valence-corrected chi connectivity index (χ3v) is 11.8. The fraction of sp³-hybridized carbons (Fsp3) is 0. The van der Waals surface area contributed by atoms with Crippen LogP contribution in [-0.4, -0.2) is 13.7 Å². The monoisotopic (exact) mass is 725 g/mol. The van der Waals surface area contributed by atoms with Crippen molar-refractivity contribution in [1.82, 2.24) is 13.7 Å². The van der Waals surface area contributed by atoms with Crippen LogP contribution in [-0.2, 0) is 0 Å². The third kappa shape index (κ3) is 4.79. The Balaban J connectivity index is 1.13. The number of hydrogen-bond acceptors (Lipinski definition) is 0. The van der Waals surface area contributed by atoms with E-state index in [-0.39, 0.29) is 0 Å². The molecule has 0 spiro atoms. The number of nitrogens with zero attached hydrogens (tertiary/aromatic N) is 3. The van der Waals surface area contributed by atoms with Crippen molar-refractivity contribution in [3.63, 3.8) is 0 Å². The molecule has 3 heterocycles. The Morgan fingerprint density at radius 1 is 0.228 bits per heavy atom. The molecule has 0 N–H and O–H groups in total. The third-order valence-electron chi connectivity index (χ3n) is 11.8. The summed E-state index contributed by atoms with van der Waals surface area (Å²) in [6.07, 6.45) is 0. The van der Waals surface area contributed by atoms with Crippen molar-refractivity contribution in [3.8, 4) is 39.3 Å². The molecule has 9 aromatic carbocycles. The first-order valence-electron chi connectivity index (χ1n) is 19.6. The lowest BCUT2D eigenvalue weighted by atomic mass is 10.0. The van der Waals surface area contributed by atoms with Gasteiger partial charge in [0, 0.05) is 43.7 Å². The predicted octanol–water partition coefficient (Wildman–Crippen LogP) is 14.3. The van der Waals surface area contributed by atoms with E-state index < -0.39 is 0 Å². The normalized spacial score (nSPS) is 11.9. The highest BCUT2D eigenvalue weighted by Crippen LogP contribution is 2.42. The fourth-order valence-corrected chi connectivity index (χ4v) is 9.32. The maximum absolute atomic E-state index is 2.49. The van der Waals surface area contributed by atoms with Gasteiger partial charge in [0.15, 0.2) is 0 Å². The molecule has 0 saturated carbocycles. The van der Waals surface area contributed by atoms with Crippen LogP contribution in [0.4, 0.5) is 0 Å². The number of benzene rings is 9. The molecule has 3 aromatic heterocycles. The molecule has 57 heavy (non-hydrogen) atoms. The van der Waals surface area contributed by atoms with Crippen molar-refractivity contribution >= 4 is 65.4 Å². The van der Waals surface area contributed by atoms with Gasteiger partial charge in [-0.2, -0.15) is 0 Å². The van der Waals surface area contributed by atoms with E-state index in [1.807, 2.05) is 0 Å². The van der Waals surface area contributed by atoms with Gasteiger partial charge < -0.3 is 13.7 Å². The summed E-state index contributed by atoms with van der Waals surface area (Å²) in [4.78, 5) is 0. The van der Waals surface area contributed by atoms with Crippen LogP contribution in [0.25, 0.3) is 105 Å². The second kappa shape index (κ2) is 12.5. The first-order chi connectivity index (χ1) is 28.3. The largest absolute Gasteiger partial charge is 0.309 e. The van der Waals surface area contributed by atoms with E-state index in [0.717, 1.165) is 11.4 Å². The molecular formula is C54H35N3. The number of para-hydroxylation sites is 3. The summed E-state index contributed by atoms with van der Waals surface area (Å²) in [7, 11) is 0. The molecule has 3 nitrogen and oxygen atoms in total. The van der Waals surface area contributed by atoms with E-state index in [2.05, 4.69) is 226 Å². The maximum atomic E-state index is 2.49. The molecule has 3 heteroatoms. The molecular weight excluding hydrogens is 691 g/mol. The molecule has 0 fully saturated rings. The molecule has 0 aliphatic carbocycles. The molecule has 0 radical (unpaired) electrons. The van der Waals surface area contributed by atoms with Gasteiger partial charge in [-0.3, -0.25) is 0 Å². The number of hydrogen-bond donors (Lipinski definition) is 0. The van der Waals surface area contributed by atoms with Crippen molar-refractivity contribution in [2.24, 2.45) is 0 Å². The molecule has 0 aliphatic rings. The van der Waals surface area contributed by atoms with Gasteiger partial charge in [-0.25, -0.2) is 0 Å². The molecule has 266 valence electrons.